The highest BCUT2D eigenvalue weighted by molar-refractivity contribution is 6.31. The van der Waals surface area contributed by atoms with Gasteiger partial charge >= 0.3 is 12.5 Å². The summed E-state index contributed by atoms with van der Waals surface area (Å²) in [5.74, 6) is -1.67. The first-order valence-electron chi connectivity index (χ1n) is 8.87. The molecule has 0 spiro atoms. The molecule has 32 heavy (non-hydrogen) atoms. The van der Waals surface area contributed by atoms with E-state index in [1.807, 2.05) is 0 Å². The Morgan fingerprint density at radius 2 is 1.50 bits per heavy atom. The highest BCUT2D eigenvalue weighted by Crippen LogP contribution is 2.42. The van der Waals surface area contributed by atoms with Crippen molar-refractivity contribution in [2.45, 2.75) is 12.5 Å². The van der Waals surface area contributed by atoms with Crippen LogP contribution in [0.2, 0.25) is 5.02 Å². The summed E-state index contributed by atoms with van der Waals surface area (Å²) in [6.45, 7) is -0.586. The summed E-state index contributed by atoms with van der Waals surface area (Å²) in [7, 11) is 1.43. The molecule has 0 saturated heterocycles. The predicted octanol–water partition coefficient (Wildman–Crippen LogP) is 4.19. The van der Waals surface area contributed by atoms with Crippen molar-refractivity contribution in [3.05, 3.63) is 47.0 Å². The molecule has 2 aromatic carbocycles. The lowest BCUT2D eigenvalue weighted by molar-refractivity contribution is -0.286. The molecule has 1 heterocycles. The van der Waals surface area contributed by atoms with Crippen LogP contribution in [-0.2, 0) is 15.8 Å². The van der Waals surface area contributed by atoms with Crippen LogP contribution < -0.4 is 20.1 Å². The predicted molar refractivity (Wildman–Crippen MR) is 104 cm³/mol. The quantitative estimate of drug-likeness (QED) is 0.607. The Balaban J connectivity index is 1.52. The van der Waals surface area contributed by atoms with Gasteiger partial charge in [-0.15, -0.1) is 8.78 Å². The van der Waals surface area contributed by atoms with Gasteiger partial charge in [0.25, 0.3) is 0 Å². The van der Waals surface area contributed by atoms with Gasteiger partial charge in [-0.2, -0.15) is 13.2 Å². The number of nitrogens with zero attached hydrogens (tertiary/aromatic N) is 1. The van der Waals surface area contributed by atoms with E-state index in [9.17, 15) is 31.5 Å². The second-order valence-corrected chi connectivity index (χ2v) is 7.20. The standard InChI is InChI=1S/C19H15ClF5N3O4/c1-28(8-16(29)26-10-2-4-13(20)12(6-10)18(21,22)23)9-17(30)27-11-3-5-14-15(7-11)32-19(24,25)31-14/h2-7H,8-9H2,1H3,(H,26,29)(H,27,30). The molecule has 1 aliphatic rings. The van der Waals surface area contributed by atoms with E-state index in [1.54, 1.807) is 0 Å². The van der Waals surface area contributed by atoms with Crippen molar-refractivity contribution in [2.75, 3.05) is 30.8 Å². The molecule has 13 heteroatoms. The monoisotopic (exact) mass is 479 g/mol. The fourth-order valence-electron chi connectivity index (χ4n) is 2.79. The number of benzene rings is 2. The summed E-state index contributed by atoms with van der Waals surface area (Å²) in [5, 5.41) is 4.25. The zero-order chi connectivity index (χ0) is 23.7. The van der Waals surface area contributed by atoms with Crippen LogP contribution >= 0.6 is 11.6 Å². The number of carbonyl (C=O) groups is 2. The Kier molecular flexibility index (Phi) is 6.46. The van der Waals surface area contributed by atoms with Crippen LogP contribution in [0.3, 0.4) is 0 Å². The molecule has 0 bridgehead atoms. The van der Waals surface area contributed by atoms with Gasteiger partial charge in [-0.3, -0.25) is 14.5 Å². The molecule has 0 aliphatic carbocycles. The zero-order valence-electron chi connectivity index (χ0n) is 16.2. The number of alkyl halides is 5. The van der Waals surface area contributed by atoms with E-state index >= 15 is 0 Å². The number of halogens is 6. The molecule has 172 valence electrons. The van der Waals surface area contributed by atoms with Crippen LogP contribution in [0.4, 0.5) is 33.3 Å². The lowest BCUT2D eigenvalue weighted by atomic mass is 10.2. The molecule has 0 saturated carbocycles. The highest BCUT2D eigenvalue weighted by Gasteiger charge is 2.43. The van der Waals surface area contributed by atoms with Gasteiger partial charge in [-0.25, -0.2) is 0 Å². The van der Waals surface area contributed by atoms with Crippen molar-refractivity contribution in [1.29, 1.82) is 0 Å². The van der Waals surface area contributed by atoms with Crippen LogP contribution in [0.15, 0.2) is 36.4 Å². The number of amides is 2. The maximum atomic E-state index is 13.0. The smallest absolute Gasteiger partial charge is 0.395 e. The Bertz CT molecular complexity index is 1050. The molecule has 0 aromatic heterocycles. The Morgan fingerprint density at radius 1 is 0.969 bits per heavy atom. The van der Waals surface area contributed by atoms with Crippen molar-refractivity contribution in [1.82, 2.24) is 4.90 Å². The van der Waals surface area contributed by atoms with Crippen LogP contribution in [0, 0.1) is 0 Å². The van der Waals surface area contributed by atoms with Gasteiger partial charge in [-0.05, 0) is 37.4 Å². The van der Waals surface area contributed by atoms with Crippen LogP contribution in [0.5, 0.6) is 11.5 Å². The summed E-state index contributed by atoms with van der Waals surface area (Å²) in [4.78, 5) is 25.5. The average molecular weight is 480 g/mol. The number of likely N-dealkylation sites (N-methyl/N-ethyl adjacent to an activating group) is 1. The largest absolute Gasteiger partial charge is 0.586 e. The lowest BCUT2D eigenvalue weighted by Gasteiger charge is -2.17. The van der Waals surface area contributed by atoms with E-state index in [1.165, 1.54) is 30.1 Å². The fraction of sp³-hybridized carbons (Fsp3) is 0.263. The Labute approximate surface area is 183 Å². The van der Waals surface area contributed by atoms with Crippen molar-refractivity contribution in [2.24, 2.45) is 0 Å². The average Bonchev–Trinajstić information content (AvgIpc) is 2.95. The third-order valence-electron chi connectivity index (χ3n) is 4.07. The fourth-order valence-corrected chi connectivity index (χ4v) is 3.02. The summed E-state index contributed by atoms with van der Waals surface area (Å²) in [5.41, 5.74) is -1.04. The van der Waals surface area contributed by atoms with E-state index in [2.05, 4.69) is 20.1 Å². The first-order chi connectivity index (χ1) is 14.8. The molecule has 2 amide bonds. The molecule has 2 aromatic rings. The van der Waals surface area contributed by atoms with Gasteiger partial charge in [0, 0.05) is 17.4 Å². The van der Waals surface area contributed by atoms with E-state index in [0.29, 0.717) is 6.07 Å². The molecule has 0 radical (unpaired) electrons. The van der Waals surface area contributed by atoms with E-state index in [-0.39, 0.29) is 36.0 Å². The molecule has 3 rings (SSSR count). The second kappa shape index (κ2) is 8.79. The van der Waals surface area contributed by atoms with Crippen LogP contribution in [0.25, 0.3) is 0 Å². The molecule has 1 aliphatic heterocycles. The summed E-state index contributed by atoms with van der Waals surface area (Å²) in [6, 6.07) is 6.61. The number of hydrogen-bond acceptors (Lipinski definition) is 5. The Hall–Kier alpha value is -3.12. The number of rotatable bonds is 6. The maximum absolute atomic E-state index is 13.0. The van der Waals surface area contributed by atoms with Crippen molar-refractivity contribution < 1.29 is 41.0 Å². The van der Waals surface area contributed by atoms with Gasteiger partial charge < -0.3 is 20.1 Å². The van der Waals surface area contributed by atoms with Gasteiger partial charge in [0.2, 0.25) is 11.8 Å². The van der Waals surface area contributed by atoms with E-state index < -0.39 is 34.9 Å². The van der Waals surface area contributed by atoms with Gasteiger partial charge in [0.1, 0.15) is 0 Å². The second-order valence-electron chi connectivity index (χ2n) is 6.79. The molecule has 0 unspecified atom stereocenters. The van der Waals surface area contributed by atoms with Crippen molar-refractivity contribution in [3.63, 3.8) is 0 Å². The number of ether oxygens (including phenoxy) is 2. The minimum atomic E-state index is -4.68. The van der Waals surface area contributed by atoms with Gasteiger partial charge in [0.15, 0.2) is 11.5 Å². The first-order valence-corrected chi connectivity index (χ1v) is 9.25. The number of carbonyl (C=O) groups excluding carboxylic acids is 2. The van der Waals surface area contributed by atoms with Crippen LogP contribution in [-0.4, -0.2) is 43.1 Å². The summed E-state index contributed by atoms with van der Waals surface area (Å²) in [6.07, 6.45) is -8.47. The number of fused-ring (bicyclic) bond motifs is 1. The van der Waals surface area contributed by atoms with Crippen molar-refractivity contribution >= 4 is 34.8 Å². The first kappa shape index (κ1) is 23.5. The highest BCUT2D eigenvalue weighted by atomic mass is 35.5. The van der Waals surface area contributed by atoms with Crippen LogP contribution in [0.1, 0.15) is 5.56 Å². The maximum Gasteiger partial charge on any atom is 0.586 e. The number of hydrogen-bond donors (Lipinski definition) is 2. The minimum absolute atomic E-state index is 0.110. The third-order valence-corrected chi connectivity index (χ3v) is 4.40. The van der Waals surface area contributed by atoms with Gasteiger partial charge in [0.05, 0.1) is 23.7 Å². The number of anilines is 2. The molecule has 0 atom stereocenters. The molecule has 7 nitrogen and oxygen atoms in total. The Morgan fingerprint density at radius 3 is 2.09 bits per heavy atom. The van der Waals surface area contributed by atoms with Crippen molar-refractivity contribution in [3.8, 4) is 11.5 Å². The van der Waals surface area contributed by atoms with E-state index in [0.717, 1.165) is 12.1 Å². The summed E-state index contributed by atoms with van der Waals surface area (Å²) >= 11 is 5.53. The third kappa shape index (κ3) is 5.98. The normalized spacial score (nSPS) is 14.4. The lowest BCUT2D eigenvalue weighted by Crippen LogP contribution is -2.36. The zero-order valence-corrected chi connectivity index (χ0v) is 17.0. The molecular formula is C19H15ClF5N3O4. The SMILES string of the molecule is CN(CC(=O)Nc1ccc2c(c1)OC(F)(F)O2)CC(=O)Nc1ccc(Cl)c(C(F)(F)F)c1. The minimum Gasteiger partial charge on any atom is -0.395 e. The van der Waals surface area contributed by atoms with Gasteiger partial charge in [-0.1, -0.05) is 11.6 Å². The molecule has 2 N–H and O–H groups in total. The molecular weight excluding hydrogens is 465 g/mol. The number of nitrogens with one attached hydrogen (secondary N) is 2. The molecule has 0 fully saturated rings. The topological polar surface area (TPSA) is 79.9 Å². The van der Waals surface area contributed by atoms with E-state index in [4.69, 9.17) is 11.6 Å². The summed E-state index contributed by atoms with van der Waals surface area (Å²) < 4.78 is 73.4.